The van der Waals surface area contributed by atoms with E-state index in [9.17, 15) is 4.79 Å². The molecule has 0 spiro atoms. The Kier molecular flexibility index (Phi) is 3.57. The summed E-state index contributed by atoms with van der Waals surface area (Å²) in [5.41, 5.74) is 6.57. The van der Waals surface area contributed by atoms with Gasteiger partial charge in [-0.15, -0.1) is 0 Å². The molecule has 1 fully saturated rings. The molecule has 18 heavy (non-hydrogen) atoms. The summed E-state index contributed by atoms with van der Waals surface area (Å²) < 4.78 is 5.35. The molecule has 0 unspecified atom stereocenters. The van der Waals surface area contributed by atoms with Crippen molar-refractivity contribution < 1.29 is 9.53 Å². The monoisotopic (exact) mass is 248 g/mol. The van der Waals surface area contributed by atoms with Crippen LogP contribution in [0.5, 0.6) is 5.75 Å². The Hall–Kier alpha value is -1.55. The van der Waals surface area contributed by atoms with Crippen molar-refractivity contribution in [2.75, 3.05) is 19.7 Å². The maximum atomic E-state index is 12.1. The molecular formula is C14H20N2O2. The molecule has 4 heteroatoms. The second-order valence-corrected chi connectivity index (χ2v) is 4.83. The lowest BCUT2D eigenvalue weighted by molar-refractivity contribution is 0.0401. The minimum Gasteiger partial charge on any atom is -0.494 e. The van der Waals surface area contributed by atoms with Gasteiger partial charge in [-0.1, -0.05) is 6.92 Å². The largest absolute Gasteiger partial charge is 0.494 e. The maximum Gasteiger partial charge on any atom is 0.253 e. The molecule has 0 aromatic heterocycles. The van der Waals surface area contributed by atoms with Gasteiger partial charge in [-0.25, -0.2) is 0 Å². The first kappa shape index (κ1) is 12.9. The standard InChI is InChI=1S/C14H20N2O2/c1-3-14(15)9-16(10-14)13(17)11-5-7-12(8-6-11)18-4-2/h5-8H,3-4,9-10,15H2,1-2H3. The number of carbonyl (C=O) groups excluding carboxylic acids is 1. The van der Waals surface area contributed by atoms with E-state index in [1.54, 1.807) is 17.0 Å². The van der Waals surface area contributed by atoms with Crippen LogP contribution in [-0.4, -0.2) is 36.0 Å². The van der Waals surface area contributed by atoms with Gasteiger partial charge in [0.2, 0.25) is 0 Å². The fourth-order valence-electron chi connectivity index (χ4n) is 2.12. The predicted molar refractivity (Wildman–Crippen MR) is 70.7 cm³/mol. The molecule has 0 bridgehead atoms. The van der Waals surface area contributed by atoms with Crippen LogP contribution in [0.1, 0.15) is 30.6 Å². The summed E-state index contributed by atoms with van der Waals surface area (Å²) in [6, 6.07) is 7.25. The number of nitrogens with two attached hydrogens (primary N) is 1. The summed E-state index contributed by atoms with van der Waals surface area (Å²) in [6.45, 7) is 5.92. The minimum absolute atomic E-state index is 0.0487. The molecule has 0 radical (unpaired) electrons. The van der Waals surface area contributed by atoms with Crippen LogP contribution in [0.4, 0.5) is 0 Å². The van der Waals surface area contributed by atoms with Crippen LogP contribution in [0.2, 0.25) is 0 Å². The first-order valence-electron chi connectivity index (χ1n) is 6.39. The minimum atomic E-state index is -0.180. The molecule has 1 aliphatic heterocycles. The van der Waals surface area contributed by atoms with Crippen LogP contribution in [0, 0.1) is 0 Å². The van der Waals surface area contributed by atoms with Gasteiger partial charge in [-0.05, 0) is 37.6 Å². The molecule has 1 heterocycles. The Bertz CT molecular complexity index is 422. The zero-order valence-electron chi connectivity index (χ0n) is 11.0. The van der Waals surface area contributed by atoms with Crippen LogP contribution in [0.25, 0.3) is 0 Å². The zero-order chi connectivity index (χ0) is 13.2. The van der Waals surface area contributed by atoms with Crippen molar-refractivity contribution in [1.82, 2.24) is 4.90 Å². The topological polar surface area (TPSA) is 55.6 Å². The van der Waals surface area contributed by atoms with Crippen LogP contribution >= 0.6 is 0 Å². The number of carbonyl (C=O) groups is 1. The molecule has 1 saturated heterocycles. The summed E-state index contributed by atoms with van der Waals surface area (Å²) in [6.07, 6.45) is 0.903. The number of hydrogen-bond acceptors (Lipinski definition) is 3. The lowest BCUT2D eigenvalue weighted by Crippen LogP contribution is -2.68. The van der Waals surface area contributed by atoms with Crippen molar-refractivity contribution in [2.45, 2.75) is 25.8 Å². The van der Waals surface area contributed by atoms with Crippen molar-refractivity contribution in [1.29, 1.82) is 0 Å². The molecule has 1 aliphatic rings. The van der Waals surface area contributed by atoms with Gasteiger partial charge >= 0.3 is 0 Å². The summed E-state index contributed by atoms with van der Waals surface area (Å²) in [4.78, 5) is 13.9. The summed E-state index contributed by atoms with van der Waals surface area (Å²) in [5, 5.41) is 0. The highest BCUT2D eigenvalue weighted by molar-refractivity contribution is 5.95. The number of hydrogen-bond donors (Lipinski definition) is 1. The van der Waals surface area contributed by atoms with Gasteiger partial charge in [0.25, 0.3) is 5.91 Å². The molecule has 2 rings (SSSR count). The van der Waals surface area contributed by atoms with E-state index >= 15 is 0 Å². The normalized spacial score (nSPS) is 17.2. The summed E-state index contributed by atoms with van der Waals surface area (Å²) >= 11 is 0. The van der Waals surface area contributed by atoms with E-state index in [0.29, 0.717) is 25.3 Å². The quantitative estimate of drug-likeness (QED) is 0.881. The summed E-state index contributed by atoms with van der Waals surface area (Å²) in [7, 11) is 0. The fraction of sp³-hybridized carbons (Fsp3) is 0.500. The SMILES string of the molecule is CCOc1ccc(C(=O)N2CC(N)(CC)C2)cc1. The van der Waals surface area contributed by atoms with Gasteiger partial charge < -0.3 is 15.4 Å². The number of likely N-dealkylation sites (tertiary alicyclic amines) is 1. The van der Waals surface area contributed by atoms with Crippen LogP contribution in [0.15, 0.2) is 24.3 Å². The Morgan fingerprint density at radius 2 is 1.94 bits per heavy atom. The molecule has 4 nitrogen and oxygen atoms in total. The predicted octanol–water partition coefficient (Wildman–Crippen LogP) is 1.65. The highest BCUT2D eigenvalue weighted by atomic mass is 16.5. The van der Waals surface area contributed by atoms with Gasteiger partial charge in [0.15, 0.2) is 0 Å². The average molecular weight is 248 g/mol. The number of rotatable bonds is 4. The van der Waals surface area contributed by atoms with Crippen molar-refractivity contribution in [3.05, 3.63) is 29.8 Å². The Morgan fingerprint density at radius 3 is 2.44 bits per heavy atom. The molecule has 2 N–H and O–H groups in total. The van der Waals surface area contributed by atoms with E-state index < -0.39 is 0 Å². The third kappa shape index (κ3) is 2.48. The fourth-order valence-corrected chi connectivity index (χ4v) is 2.12. The van der Waals surface area contributed by atoms with Gasteiger partial charge in [0, 0.05) is 18.7 Å². The number of benzene rings is 1. The van der Waals surface area contributed by atoms with E-state index in [1.165, 1.54) is 0 Å². The second-order valence-electron chi connectivity index (χ2n) is 4.83. The number of nitrogens with zero attached hydrogens (tertiary/aromatic N) is 1. The molecule has 0 aliphatic carbocycles. The van der Waals surface area contributed by atoms with Crippen LogP contribution in [0.3, 0.4) is 0 Å². The lowest BCUT2D eigenvalue weighted by atomic mass is 9.88. The van der Waals surface area contributed by atoms with Crippen LogP contribution in [-0.2, 0) is 0 Å². The first-order valence-corrected chi connectivity index (χ1v) is 6.39. The zero-order valence-corrected chi connectivity index (χ0v) is 11.0. The average Bonchev–Trinajstić information content (AvgIpc) is 2.35. The molecule has 1 aromatic rings. The lowest BCUT2D eigenvalue weighted by Gasteiger charge is -2.47. The van der Waals surface area contributed by atoms with Crippen molar-refractivity contribution in [3.63, 3.8) is 0 Å². The summed E-state index contributed by atoms with van der Waals surface area (Å²) in [5.74, 6) is 0.840. The van der Waals surface area contributed by atoms with E-state index in [2.05, 4.69) is 6.92 Å². The van der Waals surface area contributed by atoms with E-state index in [-0.39, 0.29) is 11.4 Å². The van der Waals surface area contributed by atoms with E-state index in [1.807, 2.05) is 19.1 Å². The third-order valence-corrected chi connectivity index (χ3v) is 3.42. The molecule has 0 atom stereocenters. The van der Waals surface area contributed by atoms with Gasteiger partial charge in [-0.3, -0.25) is 4.79 Å². The van der Waals surface area contributed by atoms with E-state index in [4.69, 9.17) is 10.5 Å². The smallest absolute Gasteiger partial charge is 0.253 e. The molecular weight excluding hydrogens is 228 g/mol. The van der Waals surface area contributed by atoms with Gasteiger partial charge in [-0.2, -0.15) is 0 Å². The third-order valence-electron chi connectivity index (χ3n) is 3.42. The highest BCUT2D eigenvalue weighted by Gasteiger charge is 2.40. The van der Waals surface area contributed by atoms with Gasteiger partial charge in [0.05, 0.1) is 12.1 Å². The molecule has 1 amide bonds. The number of amides is 1. The maximum absolute atomic E-state index is 12.1. The molecule has 98 valence electrons. The Labute approximate surface area is 108 Å². The second kappa shape index (κ2) is 4.98. The van der Waals surface area contributed by atoms with Crippen molar-refractivity contribution in [2.24, 2.45) is 5.73 Å². The highest BCUT2D eigenvalue weighted by Crippen LogP contribution is 2.24. The van der Waals surface area contributed by atoms with E-state index in [0.717, 1.165) is 12.2 Å². The molecule has 0 saturated carbocycles. The van der Waals surface area contributed by atoms with Crippen molar-refractivity contribution >= 4 is 5.91 Å². The van der Waals surface area contributed by atoms with Gasteiger partial charge in [0.1, 0.15) is 5.75 Å². The first-order chi connectivity index (χ1) is 8.58. The van der Waals surface area contributed by atoms with Crippen LogP contribution < -0.4 is 10.5 Å². The number of ether oxygens (including phenoxy) is 1. The molecule has 1 aromatic carbocycles. The Morgan fingerprint density at radius 1 is 1.33 bits per heavy atom. The Balaban J connectivity index is 1.98. The van der Waals surface area contributed by atoms with Crippen molar-refractivity contribution in [3.8, 4) is 5.75 Å².